The minimum atomic E-state index is 0.400. The molecule has 0 amide bonds. The molecule has 3 fully saturated rings. The minimum Gasteiger partial charge on any atom is -0.374 e. The molecule has 0 aromatic rings. The summed E-state index contributed by atoms with van der Waals surface area (Å²) in [6, 6.07) is 0.434. The molecule has 0 aromatic heterocycles. The molecule has 3 rings (SSSR count). The van der Waals surface area contributed by atoms with Crippen LogP contribution in [-0.2, 0) is 4.74 Å². The van der Waals surface area contributed by atoms with E-state index in [4.69, 9.17) is 10.5 Å². The number of nitrogens with two attached hydrogens (primary N) is 1. The topological polar surface area (TPSA) is 35.2 Å². The normalized spacial score (nSPS) is 38.8. The number of ether oxygens (including phenoxy) is 1. The summed E-state index contributed by atoms with van der Waals surface area (Å²) in [5.74, 6) is 0. The summed E-state index contributed by atoms with van der Waals surface area (Å²) in [4.78, 5) is 0. The number of rotatable bonds is 2. The van der Waals surface area contributed by atoms with Crippen molar-refractivity contribution < 1.29 is 4.74 Å². The molecule has 3 aliphatic carbocycles. The molecule has 2 atom stereocenters. The van der Waals surface area contributed by atoms with E-state index < -0.39 is 0 Å². The second-order valence-electron chi connectivity index (χ2n) is 6.17. The van der Waals surface area contributed by atoms with Crippen LogP contribution in [0.2, 0.25) is 0 Å². The molecule has 2 N–H and O–H groups in total. The SMILES string of the molecule is NC1CC(OC2CCCCC2)C12CCCC2. The first-order valence-corrected chi connectivity index (χ1v) is 7.22. The zero-order valence-electron chi connectivity index (χ0n) is 10.3. The Morgan fingerprint density at radius 3 is 2.25 bits per heavy atom. The molecule has 0 radical (unpaired) electrons. The number of hydrogen-bond acceptors (Lipinski definition) is 2. The Kier molecular flexibility index (Phi) is 2.97. The third-order valence-electron chi connectivity index (χ3n) is 5.29. The van der Waals surface area contributed by atoms with E-state index in [-0.39, 0.29) is 0 Å². The summed E-state index contributed by atoms with van der Waals surface area (Å²) in [6.07, 6.45) is 14.3. The van der Waals surface area contributed by atoms with Crippen molar-refractivity contribution in [1.29, 1.82) is 0 Å². The van der Waals surface area contributed by atoms with E-state index in [1.165, 1.54) is 57.8 Å². The molecule has 2 heteroatoms. The zero-order valence-corrected chi connectivity index (χ0v) is 10.3. The van der Waals surface area contributed by atoms with Gasteiger partial charge in [-0.1, -0.05) is 32.1 Å². The van der Waals surface area contributed by atoms with Crippen LogP contribution in [-0.4, -0.2) is 18.2 Å². The molecular weight excluding hydrogens is 198 g/mol. The van der Waals surface area contributed by atoms with Gasteiger partial charge in [-0.25, -0.2) is 0 Å². The van der Waals surface area contributed by atoms with Crippen LogP contribution in [0.15, 0.2) is 0 Å². The van der Waals surface area contributed by atoms with Crippen LogP contribution in [0.5, 0.6) is 0 Å². The summed E-state index contributed by atoms with van der Waals surface area (Å²) < 4.78 is 6.36. The van der Waals surface area contributed by atoms with E-state index >= 15 is 0 Å². The van der Waals surface area contributed by atoms with Crippen molar-refractivity contribution in [3.05, 3.63) is 0 Å². The fourth-order valence-corrected chi connectivity index (χ4v) is 4.13. The first kappa shape index (κ1) is 11.0. The number of hydrogen-bond donors (Lipinski definition) is 1. The van der Waals surface area contributed by atoms with Gasteiger partial charge in [0, 0.05) is 11.5 Å². The van der Waals surface area contributed by atoms with Gasteiger partial charge in [-0.2, -0.15) is 0 Å². The van der Waals surface area contributed by atoms with E-state index in [2.05, 4.69) is 0 Å². The predicted octanol–water partition coefficient (Wildman–Crippen LogP) is 3.00. The Morgan fingerprint density at radius 2 is 1.62 bits per heavy atom. The highest BCUT2D eigenvalue weighted by Gasteiger charge is 2.55. The fourth-order valence-electron chi connectivity index (χ4n) is 4.13. The van der Waals surface area contributed by atoms with Crippen molar-refractivity contribution in [2.45, 2.75) is 82.5 Å². The highest BCUT2D eigenvalue weighted by atomic mass is 16.5. The van der Waals surface area contributed by atoms with E-state index in [1.54, 1.807) is 0 Å². The van der Waals surface area contributed by atoms with Crippen LogP contribution in [0.25, 0.3) is 0 Å². The predicted molar refractivity (Wildman–Crippen MR) is 65.2 cm³/mol. The van der Waals surface area contributed by atoms with Gasteiger partial charge in [0.1, 0.15) is 0 Å². The minimum absolute atomic E-state index is 0.400. The lowest BCUT2D eigenvalue weighted by molar-refractivity contribution is -0.158. The third kappa shape index (κ3) is 1.70. The first-order chi connectivity index (χ1) is 7.81. The van der Waals surface area contributed by atoms with Crippen molar-refractivity contribution in [3.8, 4) is 0 Å². The highest BCUT2D eigenvalue weighted by Crippen LogP contribution is 2.54. The van der Waals surface area contributed by atoms with Crippen LogP contribution < -0.4 is 5.73 Å². The summed E-state index contributed by atoms with van der Waals surface area (Å²) in [6.45, 7) is 0. The van der Waals surface area contributed by atoms with Gasteiger partial charge >= 0.3 is 0 Å². The summed E-state index contributed by atoms with van der Waals surface area (Å²) >= 11 is 0. The maximum absolute atomic E-state index is 6.36. The molecule has 0 aliphatic heterocycles. The smallest absolute Gasteiger partial charge is 0.0664 e. The Balaban J connectivity index is 1.58. The molecular formula is C14H25NO. The summed E-state index contributed by atoms with van der Waals surface area (Å²) in [7, 11) is 0. The summed E-state index contributed by atoms with van der Waals surface area (Å²) in [5.41, 5.74) is 6.63. The zero-order chi connectivity index (χ0) is 11.0. The largest absolute Gasteiger partial charge is 0.374 e. The first-order valence-electron chi connectivity index (χ1n) is 7.22. The van der Waals surface area contributed by atoms with Gasteiger partial charge in [0.25, 0.3) is 0 Å². The Hall–Kier alpha value is -0.0800. The monoisotopic (exact) mass is 223 g/mol. The molecule has 92 valence electrons. The van der Waals surface area contributed by atoms with Crippen molar-refractivity contribution in [2.75, 3.05) is 0 Å². The lowest BCUT2D eigenvalue weighted by Gasteiger charge is -2.53. The van der Waals surface area contributed by atoms with Crippen LogP contribution >= 0.6 is 0 Å². The van der Waals surface area contributed by atoms with E-state index in [0.717, 1.165) is 6.42 Å². The highest BCUT2D eigenvalue weighted by molar-refractivity contribution is 5.08. The van der Waals surface area contributed by atoms with Gasteiger partial charge in [0.2, 0.25) is 0 Å². The molecule has 3 saturated carbocycles. The van der Waals surface area contributed by atoms with Crippen LogP contribution in [0.4, 0.5) is 0 Å². The molecule has 0 aromatic carbocycles. The van der Waals surface area contributed by atoms with Crippen molar-refractivity contribution >= 4 is 0 Å². The van der Waals surface area contributed by atoms with Crippen LogP contribution in [0.3, 0.4) is 0 Å². The standard InChI is InChI=1S/C14H25NO/c15-12-10-13(14(12)8-4-5-9-14)16-11-6-2-1-3-7-11/h11-13H,1-10,15H2. The van der Waals surface area contributed by atoms with E-state index in [9.17, 15) is 0 Å². The van der Waals surface area contributed by atoms with Gasteiger partial charge in [-0.05, 0) is 32.1 Å². The third-order valence-corrected chi connectivity index (χ3v) is 5.29. The summed E-state index contributed by atoms with van der Waals surface area (Å²) in [5, 5.41) is 0. The molecule has 3 aliphatic rings. The lowest BCUT2D eigenvalue weighted by atomic mass is 9.61. The van der Waals surface area contributed by atoms with Crippen LogP contribution in [0.1, 0.15) is 64.2 Å². The second kappa shape index (κ2) is 4.30. The Bertz CT molecular complexity index is 241. The molecule has 16 heavy (non-hydrogen) atoms. The second-order valence-corrected chi connectivity index (χ2v) is 6.17. The van der Waals surface area contributed by atoms with Gasteiger partial charge in [-0.15, -0.1) is 0 Å². The van der Waals surface area contributed by atoms with Gasteiger partial charge in [0.05, 0.1) is 12.2 Å². The molecule has 0 saturated heterocycles. The van der Waals surface area contributed by atoms with Gasteiger partial charge in [0.15, 0.2) is 0 Å². The Labute approximate surface area is 98.9 Å². The molecule has 0 bridgehead atoms. The van der Waals surface area contributed by atoms with Gasteiger partial charge in [-0.3, -0.25) is 0 Å². The molecule has 1 spiro atoms. The quantitative estimate of drug-likeness (QED) is 0.781. The average Bonchev–Trinajstić information content (AvgIpc) is 2.82. The molecule has 2 unspecified atom stereocenters. The maximum atomic E-state index is 6.36. The van der Waals surface area contributed by atoms with Crippen molar-refractivity contribution in [2.24, 2.45) is 11.1 Å². The van der Waals surface area contributed by atoms with E-state index in [1.807, 2.05) is 0 Å². The van der Waals surface area contributed by atoms with Crippen molar-refractivity contribution in [3.63, 3.8) is 0 Å². The average molecular weight is 223 g/mol. The molecule has 2 nitrogen and oxygen atoms in total. The van der Waals surface area contributed by atoms with Crippen LogP contribution in [0, 0.1) is 5.41 Å². The maximum Gasteiger partial charge on any atom is 0.0664 e. The fraction of sp³-hybridized carbons (Fsp3) is 1.00. The lowest BCUT2D eigenvalue weighted by Crippen LogP contribution is -2.61. The van der Waals surface area contributed by atoms with E-state index in [0.29, 0.717) is 23.7 Å². The van der Waals surface area contributed by atoms with Crippen molar-refractivity contribution in [1.82, 2.24) is 0 Å². The Morgan fingerprint density at radius 1 is 0.938 bits per heavy atom. The molecule has 0 heterocycles. The van der Waals surface area contributed by atoms with Gasteiger partial charge < -0.3 is 10.5 Å².